The summed E-state index contributed by atoms with van der Waals surface area (Å²) >= 11 is 0. The van der Waals surface area contributed by atoms with Gasteiger partial charge in [0.2, 0.25) is 0 Å². The maximum absolute atomic E-state index is 12.8. The molecule has 0 bridgehead atoms. The van der Waals surface area contributed by atoms with Gasteiger partial charge in [-0.2, -0.15) is 0 Å². The first-order valence-corrected chi connectivity index (χ1v) is 6.31. The number of pyridine rings is 1. The Morgan fingerprint density at radius 1 is 1.35 bits per heavy atom. The van der Waals surface area contributed by atoms with Crippen molar-refractivity contribution in [3.05, 3.63) is 59.7 Å². The van der Waals surface area contributed by atoms with Crippen LogP contribution in [-0.4, -0.2) is 16.9 Å². The molecule has 1 heterocycles. The summed E-state index contributed by atoms with van der Waals surface area (Å²) < 4.78 is 12.8. The number of hydrogen-bond acceptors (Lipinski definition) is 3. The Morgan fingerprint density at radius 3 is 2.70 bits per heavy atom. The third-order valence-corrected chi connectivity index (χ3v) is 2.88. The van der Waals surface area contributed by atoms with Crippen LogP contribution in [0.15, 0.2) is 42.6 Å². The summed E-state index contributed by atoms with van der Waals surface area (Å²) in [5, 5.41) is 3.26. The van der Waals surface area contributed by atoms with Crippen molar-refractivity contribution >= 4 is 11.6 Å². The van der Waals surface area contributed by atoms with E-state index in [1.165, 1.54) is 18.3 Å². The first-order valence-electron chi connectivity index (χ1n) is 6.31. The number of carbonyl (C=O) groups is 1. The molecule has 0 fully saturated rings. The number of benzene rings is 1. The SMILES string of the molecule is CC(Cc1ccc(F)cc1)Nc1ccnc(C(N)=O)c1. The van der Waals surface area contributed by atoms with Crippen molar-refractivity contribution in [1.29, 1.82) is 0 Å². The smallest absolute Gasteiger partial charge is 0.267 e. The third kappa shape index (κ3) is 3.78. The van der Waals surface area contributed by atoms with Gasteiger partial charge in [0.25, 0.3) is 5.91 Å². The number of primary amides is 1. The van der Waals surface area contributed by atoms with Gasteiger partial charge >= 0.3 is 0 Å². The number of nitrogens with one attached hydrogen (secondary N) is 1. The molecule has 1 aromatic heterocycles. The molecule has 0 aliphatic heterocycles. The van der Waals surface area contributed by atoms with Crippen molar-refractivity contribution in [2.24, 2.45) is 5.73 Å². The van der Waals surface area contributed by atoms with E-state index in [-0.39, 0.29) is 17.6 Å². The van der Waals surface area contributed by atoms with Crippen LogP contribution in [0.4, 0.5) is 10.1 Å². The molecule has 1 amide bonds. The minimum atomic E-state index is -0.556. The summed E-state index contributed by atoms with van der Waals surface area (Å²) in [7, 11) is 0. The molecule has 0 radical (unpaired) electrons. The van der Waals surface area contributed by atoms with Crippen LogP contribution in [0.25, 0.3) is 0 Å². The predicted octanol–water partition coefficient (Wildman–Crippen LogP) is 2.36. The molecule has 104 valence electrons. The van der Waals surface area contributed by atoms with E-state index >= 15 is 0 Å². The minimum Gasteiger partial charge on any atom is -0.382 e. The van der Waals surface area contributed by atoms with Gasteiger partial charge < -0.3 is 11.1 Å². The third-order valence-electron chi connectivity index (χ3n) is 2.88. The Kier molecular flexibility index (Phi) is 4.30. The maximum atomic E-state index is 12.8. The van der Waals surface area contributed by atoms with E-state index in [2.05, 4.69) is 10.3 Å². The molecule has 1 aromatic carbocycles. The summed E-state index contributed by atoms with van der Waals surface area (Å²) in [6, 6.07) is 9.92. The van der Waals surface area contributed by atoms with Gasteiger partial charge in [-0.1, -0.05) is 12.1 Å². The summed E-state index contributed by atoms with van der Waals surface area (Å²) in [6.45, 7) is 2.01. The first kappa shape index (κ1) is 14.0. The molecule has 1 atom stereocenters. The molecule has 0 saturated carbocycles. The molecular weight excluding hydrogens is 257 g/mol. The molecule has 0 saturated heterocycles. The zero-order chi connectivity index (χ0) is 14.5. The average molecular weight is 273 g/mol. The summed E-state index contributed by atoms with van der Waals surface area (Å²) in [6.07, 6.45) is 2.28. The van der Waals surface area contributed by atoms with Crippen LogP contribution in [0.3, 0.4) is 0 Å². The van der Waals surface area contributed by atoms with Crippen LogP contribution in [-0.2, 0) is 6.42 Å². The number of halogens is 1. The lowest BCUT2D eigenvalue weighted by molar-refractivity contribution is 0.0995. The van der Waals surface area contributed by atoms with Crippen LogP contribution in [0.1, 0.15) is 23.0 Å². The summed E-state index contributed by atoms with van der Waals surface area (Å²) in [5.41, 5.74) is 7.23. The van der Waals surface area contributed by atoms with E-state index in [1.807, 2.05) is 6.92 Å². The van der Waals surface area contributed by atoms with Crippen molar-refractivity contribution in [1.82, 2.24) is 4.98 Å². The lowest BCUT2D eigenvalue weighted by atomic mass is 10.1. The van der Waals surface area contributed by atoms with Crippen LogP contribution in [0, 0.1) is 5.82 Å². The highest BCUT2D eigenvalue weighted by Crippen LogP contribution is 2.12. The van der Waals surface area contributed by atoms with E-state index in [0.717, 1.165) is 17.7 Å². The van der Waals surface area contributed by atoms with Gasteiger partial charge in [-0.15, -0.1) is 0 Å². The molecule has 5 heteroatoms. The van der Waals surface area contributed by atoms with Gasteiger partial charge in [-0.3, -0.25) is 9.78 Å². The molecule has 3 N–H and O–H groups in total. The molecule has 20 heavy (non-hydrogen) atoms. The van der Waals surface area contributed by atoms with Crippen molar-refractivity contribution in [2.75, 3.05) is 5.32 Å². The topological polar surface area (TPSA) is 68.0 Å². The number of hydrogen-bond donors (Lipinski definition) is 2. The highest BCUT2D eigenvalue weighted by atomic mass is 19.1. The van der Waals surface area contributed by atoms with Gasteiger partial charge in [-0.25, -0.2) is 4.39 Å². The average Bonchev–Trinajstić information content (AvgIpc) is 2.41. The largest absolute Gasteiger partial charge is 0.382 e. The van der Waals surface area contributed by atoms with E-state index in [1.54, 1.807) is 24.3 Å². The number of nitrogens with zero attached hydrogens (tertiary/aromatic N) is 1. The predicted molar refractivity (Wildman–Crippen MR) is 75.9 cm³/mol. The maximum Gasteiger partial charge on any atom is 0.267 e. The Morgan fingerprint density at radius 2 is 2.05 bits per heavy atom. The number of anilines is 1. The number of amides is 1. The number of aromatic nitrogens is 1. The Bertz CT molecular complexity index is 598. The van der Waals surface area contributed by atoms with Gasteiger partial charge in [0.15, 0.2) is 0 Å². The molecule has 0 aliphatic rings. The second kappa shape index (κ2) is 6.14. The standard InChI is InChI=1S/C15H16FN3O/c1-10(8-11-2-4-12(16)5-3-11)19-13-6-7-18-14(9-13)15(17)20/h2-7,9-10H,8H2,1H3,(H2,17,20)(H,18,19). The Balaban J connectivity index is 2.00. The summed E-state index contributed by atoms with van der Waals surface area (Å²) in [4.78, 5) is 14.9. The molecule has 0 spiro atoms. The van der Waals surface area contributed by atoms with Crippen LogP contribution in [0.5, 0.6) is 0 Å². The molecule has 2 aromatic rings. The van der Waals surface area contributed by atoms with Crippen LogP contribution >= 0.6 is 0 Å². The normalized spacial score (nSPS) is 11.9. The molecule has 0 aliphatic carbocycles. The van der Waals surface area contributed by atoms with Gasteiger partial charge in [-0.05, 0) is 43.2 Å². The fourth-order valence-corrected chi connectivity index (χ4v) is 1.96. The van der Waals surface area contributed by atoms with Crippen molar-refractivity contribution in [2.45, 2.75) is 19.4 Å². The van der Waals surface area contributed by atoms with Crippen molar-refractivity contribution < 1.29 is 9.18 Å². The molecule has 2 rings (SSSR count). The lowest BCUT2D eigenvalue weighted by Gasteiger charge is -2.15. The number of rotatable bonds is 5. The second-order valence-corrected chi connectivity index (χ2v) is 4.67. The fraction of sp³-hybridized carbons (Fsp3) is 0.200. The molecule has 1 unspecified atom stereocenters. The number of carbonyl (C=O) groups excluding carboxylic acids is 1. The van der Waals surface area contributed by atoms with Crippen molar-refractivity contribution in [3.63, 3.8) is 0 Å². The summed E-state index contributed by atoms with van der Waals surface area (Å²) in [5.74, 6) is -0.797. The number of nitrogens with two attached hydrogens (primary N) is 1. The van der Waals surface area contributed by atoms with Gasteiger partial charge in [0, 0.05) is 17.9 Å². The Hall–Kier alpha value is -2.43. The molecular formula is C15H16FN3O. The van der Waals surface area contributed by atoms with Crippen molar-refractivity contribution in [3.8, 4) is 0 Å². The molecule has 4 nitrogen and oxygen atoms in total. The fourth-order valence-electron chi connectivity index (χ4n) is 1.96. The van der Waals surface area contributed by atoms with E-state index in [0.29, 0.717) is 0 Å². The van der Waals surface area contributed by atoms with E-state index < -0.39 is 5.91 Å². The highest BCUT2D eigenvalue weighted by molar-refractivity contribution is 5.91. The quantitative estimate of drug-likeness (QED) is 0.878. The van der Waals surface area contributed by atoms with Gasteiger partial charge in [0.1, 0.15) is 11.5 Å². The second-order valence-electron chi connectivity index (χ2n) is 4.67. The lowest BCUT2D eigenvalue weighted by Crippen LogP contribution is -2.19. The van der Waals surface area contributed by atoms with E-state index in [4.69, 9.17) is 5.73 Å². The van der Waals surface area contributed by atoms with Gasteiger partial charge in [0.05, 0.1) is 0 Å². The first-order chi connectivity index (χ1) is 9.54. The van der Waals surface area contributed by atoms with E-state index in [9.17, 15) is 9.18 Å². The zero-order valence-electron chi connectivity index (χ0n) is 11.1. The van der Waals surface area contributed by atoms with Crippen LogP contribution in [0.2, 0.25) is 0 Å². The Labute approximate surface area is 116 Å². The highest BCUT2D eigenvalue weighted by Gasteiger charge is 2.07. The minimum absolute atomic E-state index is 0.128. The zero-order valence-corrected chi connectivity index (χ0v) is 11.1. The monoisotopic (exact) mass is 273 g/mol. The van der Waals surface area contributed by atoms with Crippen LogP contribution < -0.4 is 11.1 Å².